The number of Topliss-reactive ketones (excluding diaryl/α,β-unsaturated/α-hetero) is 1. The Morgan fingerprint density at radius 1 is 0.800 bits per heavy atom. The van der Waals surface area contributed by atoms with Crippen molar-refractivity contribution in [1.29, 1.82) is 0 Å². The van der Waals surface area contributed by atoms with Crippen LogP contribution in [0.2, 0.25) is 0 Å². The average molecular weight is 467 g/mol. The third-order valence-electron chi connectivity index (χ3n) is 6.96. The first kappa shape index (κ1) is 22.9. The lowest BCUT2D eigenvalue weighted by molar-refractivity contribution is -0.118. The van der Waals surface area contributed by atoms with Gasteiger partial charge in [0.15, 0.2) is 11.5 Å². The molecule has 5 heteroatoms. The lowest BCUT2D eigenvalue weighted by Gasteiger charge is -2.30. The van der Waals surface area contributed by atoms with Gasteiger partial charge in [-0.05, 0) is 61.1 Å². The van der Waals surface area contributed by atoms with Gasteiger partial charge in [-0.25, -0.2) is 0 Å². The lowest BCUT2D eigenvalue weighted by Crippen LogP contribution is -2.31. The number of aliphatic hydroxyl groups is 1. The number of carbonyl (C=O) groups is 2. The minimum absolute atomic E-state index is 0.178. The molecular weight excluding hydrogens is 436 g/mol. The molecule has 3 aromatic carbocycles. The number of benzene rings is 3. The average Bonchev–Trinajstić information content (AvgIpc) is 3.19. The van der Waals surface area contributed by atoms with Crippen LogP contribution in [0.15, 0.2) is 96.3 Å². The van der Waals surface area contributed by atoms with Gasteiger partial charge in [0, 0.05) is 30.9 Å². The van der Waals surface area contributed by atoms with E-state index in [0.29, 0.717) is 12.1 Å². The molecule has 0 saturated carbocycles. The Bertz CT molecular complexity index is 1210. The number of amides is 1. The van der Waals surface area contributed by atoms with E-state index in [-0.39, 0.29) is 17.8 Å². The van der Waals surface area contributed by atoms with E-state index in [4.69, 9.17) is 0 Å². The molecule has 1 fully saturated rings. The second-order valence-corrected chi connectivity index (χ2v) is 9.22. The van der Waals surface area contributed by atoms with Gasteiger partial charge in [-0.1, -0.05) is 60.7 Å². The van der Waals surface area contributed by atoms with Crippen molar-refractivity contribution >= 4 is 23.1 Å². The Kier molecular flexibility index (Phi) is 6.66. The Balaban J connectivity index is 1.45. The van der Waals surface area contributed by atoms with Crippen molar-refractivity contribution in [2.75, 3.05) is 22.9 Å². The van der Waals surface area contributed by atoms with Crippen molar-refractivity contribution < 1.29 is 14.7 Å². The fourth-order valence-corrected chi connectivity index (χ4v) is 5.12. The number of hydrogen-bond acceptors (Lipinski definition) is 4. The molecule has 0 aromatic heterocycles. The van der Waals surface area contributed by atoms with Crippen LogP contribution in [0, 0.1) is 0 Å². The zero-order valence-corrected chi connectivity index (χ0v) is 19.8. The molecule has 2 heterocycles. The minimum atomic E-state index is -0.659. The molecule has 1 atom stereocenters. The topological polar surface area (TPSA) is 60.9 Å². The van der Waals surface area contributed by atoms with Crippen molar-refractivity contribution in [3.63, 3.8) is 0 Å². The second kappa shape index (κ2) is 10.2. The highest BCUT2D eigenvalue weighted by atomic mass is 16.3. The number of carbonyl (C=O) groups excluding carboxylic acids is 2. The van der Waals surface area contributed by atoms with E-state index in [1.807, 2.05) is 84.9 Å². The van der Waals surface area contributed by atoms with Crippen LogP contribution in [0.5, 0.6) is 0 Å². The van der Waals surface area contributed by atoms with E-state index in [2.05, 4.69) is 4.90 Å². The molecule has 1 unspecified atom stereocenters. The van der Waals surface area contributed by atoms with Gasteiger partial charge in [0.1, 0.15) is 0 Å². The summed E-state index contributed by atoms with van der Waals surface area (Å²) in [5.74, 6) is -1.19. The van der Waals surface area contributed by atoms with Gasteiger partial charge in [-0.3, -0.25) is 14.5 Å². The standard InChI is InChI=1S/C30H30N2O3/c33-26(19-14-22-10-4-1-5-11-22)27-28(23-12-6-2-7-13-23)32(30(35)29(27)34)25-17-15-24(16-18-25)31-20-8-3-9-21-31/h1-2,4-7,10-13,15-18,28,34H,3,8-9,14,19-21H2. The summed E-state index contributed by atoms with van der Waals surface area (Å²) in [5.41, 5.74) is 3.83. The molecule has 2 aliphatic rings. The van der Waals surface area contributed by atoms with E-state index in [1.54, 1.807) is 4.90 Å². The van der Waals surface area contributed by atoms with Gasteiger partial charge in [-0.15, -0.1) is 0 Å². The summed E-state index contributed by atoms with van der Waals surface area (Å²) >= 11 is 0. The molecule has 1 N–H and O–H groups in total. The van der Waals surface area contributed by atoms with Crippen molar-refractivity contribution in [2.24, 2.45) is 0 Å². The van der Waals surface area contributed by atoms with E-state index >= 15 is 0 Å². The summed E-state index contributed by atoms with van der Waals surface area (Å²) in [7, 11) is 0. The Hall–Kier alpha value is -3.86. The van der Waals surface area contributed by atoms with Crippen molar-refractivity contribution in [2.45, 2.75) is 38.1 Å². The number of hydrogen-bond donors (Lipinski definition) is 1. The summed E-state index contributed by atoms with van der Waals surface area (Å²) in [6.45, 7) is 2.08. The van der Waals surface area contributed by atoms with Crippen LogP contribution in [0.1, 0.15) is 42.9 Å². The second-order valence-electron chi connectivity index (χ2n) is 9.22. The fraction of sp³-hybridized carbons (Fsp3) is 0.267. The minimum Gasteiger partial charge on any atom is -0.503 e. The third-order valence-corrected chi connectivity index (χ3v) is 6.96. The molecule has 35 heavy (non-hydrogen) atoms. The summed E-state index contributed by atoms with van der Waals surface area (Å²) in [6.07, 6.45) is 4.42. The van der Waals surface area contributed by atoms with E-state index in [9.17, 15) is 14.7 Å². The predicted molar refractivity (Wildman–Crippen MR) is 139 cm³/mol. The van der Waals surface area contributed by atoms with E-state index in [0.717, 1.165) is 29.9 Å². The first-order valence-electron chi connectivity index (χ1n) is 12.4. The highest BCUT2D eigenvalue weighted by molar-refractivity contribution is 6.16. The third kappa shape index (κ3) is 4.72. The van der Waals surface area contributed by atoms with Crippen molar-refractivity contribution in [3.8, 4) is 0 Å². The number of ketones is 1. The maximum atomic E-state index is 13.4. The first-order valence-corrected chi connectivity index (χ1v) is 12.4. The summed E-state index contributed by atoms with van der Waals surface area (Å²) in [6, 6.07) is 26.5. The Morgan fingerprint density at radius 2 is 1.40 bits per heavy atom. The lowest BCUT2D eigenvalue weighted by atomic mass is 9.93. The monoisotopic (exact) mass is 466 g/mol. The zero-order chi connectivity index (χ0) is 24.2. The number of aliphatic hydroxyl groups excluding tert-OH is 1. The first-order chi connectivity index (χ1) is 17.1. The molecule has 5 rings (SSSR count). The summed E-state index contributed by atoms with van der Waals surface area (Å²) in [4.78, 5) is 30.6. The molecule has 0 bridgehead atoms. The molecular formula is C30H30N2O3. The molecule has 0 radical (unpaired) electrons. The van der Waals surface area contributed by atoms with Crippen LogP contribution in [0.25, 0.3) is 0 Å². The molecule has 5 nitrogen and oxygen atoms in total. The van der Waals surface area contributed by atoms with Crippen molar-refractivity contribution in [3.05, 3.63) is 107 Å². The molecule has 0 spiro atoms. The normalized spacial score (nSPS) is 18.3. The van der Waals surface area contributed by atoms with Gasteiger partial charge in [0.05, 0.1) is 11.6 Å². The highest BCUT2D eigenvalue weighted by Gasteiger charge is 2.44. The highest BCUT2D eigenvalue weighted by Crippen LogP contribution is 2.41. The molecule has 1 amide bonds. The van der Waals surface area contributed by atoms with Crippen LogP contribution in [-0.4, -0.2) is 29.9 Å². The van der Waals surface area contributed by atoms with Crippen LogP contribution >= 0.6 is 0 Å². The SMILES string of the molecule is O=C(CCc1ccccc1)C1=C(O)C(=O)N(c2ccc(N3CCCCC3)cc2)C1c1ccccc1. The van der Waals surface area contributed by atoms with E-state index < -0.39 is 17.7 Å². The predicted octanol–water partition coefficient (Wildman–Crippen LogP) is 5.78. The maximum absolute atomic E-state index is 13.4. The van der Waals surface area contributed by atoms with Gasteiger partial charge in [0.25, 0.3) is 5.91 Å². The smallest absolute Gasteiger partial charge is 0.294 e. The molecule has 1 saturated heterocycles. The quantitative estimate of drug-likeness (QED) is 0.480. The fourth-order valence-electron chi connectivity index (χ4n) is 5.12. The van der Waals surface area contributed by atoms with Gasteiger partial charge >= 0.3 is 0 Å². The number of piperidine rings is 1. The van der Waals surface area contributed by atoms with Gasteiger partial charge in [-0.2, -0.15) is 0 Å². The maximum Gasteiger partial charge on any atom is 0.294 e. The van der Waals surface area contributed by atoms with Gasteiger partial charge < -0.3 is 10.0 Å². The van der Waals surface area contributed by atoms with Crippen LogP contribution < -0.4 is 9.80 Å². The molecule has 0 aliphatic carbocycles. The van der Waals surface area contributed by atoms with Gasteiger partial charge in [0.2, 0.25) is 0 Å². The number of nitrogens with zero attached hydrogens (tertiary/aromatic N) is 2. The molecule has 2 aliphatic heterocycles. The van der Waals surface area contributed by atoms with Crippen LogP contribution in [0.3, 0.4) is 0 Å². The van der Waals surface area contributed by atoms with Crippen molar-refractivity contribution in [1.82, 2.24) is 0 Å². The Morgan fingerprint density at radius 3 is 2.06 bits per heavy atom. The molecule has 178 valence electrons. The molecule has 3 aromatic rings. The summed E-state index contributed by atoms with van der Waals surface area (Å²) < 4.78 is 0. The number of aryl methyl sites for hydroxylation is 1. The largest absolute Gasteiger partial charge is 0.503 e. The summed E-state index contributed by atoms with van der Waals surface area (Å²) in [5, 5.41) is 10.9. The number of rotatable bonds is 7. The van der Waals surface area contributed by atoms with E-state index in [1.165, 1.54) is 19.3 Å². The Labute approximate surface area is 206 Å². The zero-order valence-electron chi connectivity index (χ0n) is 19.8. The number of anilines is 2. The van der Waals surface area contributed by atoms with Crippen LogP contribution in [-0.2, 0) is 16.0 Å². The van der Waals surface area contributed by atoms with Crippen LogP contribution in [0.4, 0.5) is 11.4 Å².